The van der Waals surface area contributed by atoms with E-state index < -0.39 is 11.6 Å². The van der Waals surface area contributed by atoms with Crippen molar-refractivity contribution in [3.63, 3.8) is 0 Å². The second kappa shape index (κ2) is 6.59. The summed E-state index contributed by atoms with van der Waals surface area (Å²) in [5, 5.41) is 0. The first-order chi connectivity index (χ1) is 7.61. The van der Waals surface area contributed by atoms with Crippen LogP contribution < -0.4 is 5.73 Å². The Kier molecular flexibility index (Phi) is 5.39. The molecule has 0 radical (unpaired) electrons. The van der Waals surface area contributed by atoms with E-state index in [2.05, 4.69) is 6.92 Å². The summed E-state index contributed by atoms with van der Waals surface area (Å²) in [6, 6.07) is 3.57. The molecule has 3 heteroatoms. The van der Waals surface area contributed by atoms with E-state index in [1.165, 1.54) is 12.1 Å². The summed E-state index contributed by atoms with van der Waals surface area (Å²) in [5.74, 6) is -1.06. The van der Waals surface area contributed by atoms with Crippen molar-refractivity contribution in [1.29, 1.82) is 0 Å². The molecule has 1 aromatic carbocycles. The van der Waals surface area contributed by atoms with Gasteiger partial charge in [-0.05, 0) is 30.5 Å². The molecule has 1 unspecified atom stereocenters. The SMILES string of the molecule is CCCCCC(N)Cc1cc(F)cc(F)c1. The van der Waals surface area contributed by atoms with Crippen molar-refractivity contribution in [3.05, 3.63) is 35.4 Å². The number of nitrogens with two attached hydrogens (primary N) is 1. The van der Waals surface area contributed by atoms with Crippen molar-refractivity contribution in [3.8, 4) is 0 Å². The molecule has 0 spiro atoms. The van der Waals surface area contributed by atoms with Crippen LogP contribution in [0.3, 0.4) is 0 Å². The van der Waals surface area contributed by atoms with Gasteiger partial charge in [-0.1, -0.05) is 26.2 Å². The van der Waals surface area contributed by atoms with Gasteiger partial charge in [-0.3, -0.25) is 0 Å². The molecule has 1 aromatic rings. The minimum atomic E-state index is -0.532. The van der Waals surface area contributed by atoms with Gasteiger partial charge < -0.3 is 5.73 Å². The molecule has 90 valence electrons. The van der Waals surface area contributed by atoms with Crippen molar-refractivity contribution in [1.82, 2.24) is 0 Å². The summed E-state index contributed by atoms with van der Waals surface area (Å²) in [6.45, 7) is 2.13. The lowest BCUT2D eigenvalue weighted by Gasteiger charge is -2.11. The number of hydrogen-bond acceptors (Lipinski definition) is 1. The van der Waals surface area contributed by atoms with Crippen LogP contribution in [0.1, 0.15) is 38.2 Å². The lowest BCUT2D eigenvalue weighted by molar-refractivity contribution is 0.547. The zero-order chi connectivity index (χ0) is 12.0. The zero-order valence-corrected chi connectivity index (χ0v) is 9.68. The molecule has 0 amide bonds. The Hall–Kier alpha value is -0.960. The molecule has 0 aliphatic rings. The standard InChI is InChI=1S/C13H19F2N/c1-2-3-4-5-13(16)8-10-6-11(14)9-12(15)7-10/h6-7,9,13H,2-5,8,16H2,1H3. The fourth-order valence-corrected chi connectivity index (χ4v) is 1.79. The number of benzene rings is 1. The summed E-state index contributed by atoms with van der Waals surface area (Å²) < 4.78 is 25.8. The average molecular weight is 227 g/mol. The van der Waals surface area contributed by atoms with Gasteiger partial charge >= 0.3 is 0 Å². The van der Waals surface area contributed by atoms with Crippen molar-refractivity contribution in [2.75, 3.05) is 0 Å². The Morgan fingerprint density at radius 2 is 1.75 bits per heavy atom. The fourth-order valence-electron chi connectivity index (χ4n) is 1.79. The lowest BCUT2D eigenvalue weighted by atomic mass is 10.0. The van der Waals surface area contributed by atoms with Crippen molar-refractivity contribution >= 4 is 0 Å². The summed E-state index contributed by atoms with van der Waals surface area (Å²) in [4.78, 5) is 0. The van der Waals surface area contributed by atoms with Gasteiger partial charge in [-0.15, -0.1) is 0 Å². The highest BCUT2D eigenvalue weighted by Gasteiger charge is 2.06. The Bertz CT molecular complexity index is 305. The van der Waals surface area contributed by atoms with Crippen molar-refractivity contribution in [2.45, 2.75) is 45.1 Å². The molecule has 0 aliphatic heterocycles. The van der Waals surface area contributed by atoms with Gasteiger partial charge in [-0.2, -0.15) is 0 Å². The molecule has 1 nitrogen and oxygen atoms in total. The van der Waals surface area contributed by atoms with E-state index >= 15 is 0 Å². The van der Waals surface area contributed by atoms with Crippen molar-refractivity contribution in [2.24, 2.45) is 5.73 Å². The molecule has 0 saturated carbocycles. The molecule has 0 heterocycles. The molecule has 0 aromatic heterocycles. The summed E-state index contributed by atoms with van der Waals surface area (Å²) in [7, 11) is 0. The van der Waals surface area contributed by atoms with Crippen LogP contribution in [0.15, 0.2) is 18.2 Å². The molecular formula is C13H19F2N. The summed E-state index contributed by atoms with van der Waals surface area (Å²) >= 11 is 0. The van der Waals surface area contributed by atoms with Crippen molar-refractivity contribution < 1.29 is 8.78 Å². The summed E-state index contributed by atoms with van der Waals surface area (Å²) in [5.41, 5.74) is 6.54. The largest absolute Gasteiger partial charge is 0.327 e. The first kappa shape index (κ1) is 13.1. The Labute approximate surface area is 95.7 Å². The Morgan fingerprint density at radius 3 is 2.31 bits per heavy atom. The number of unbranched alkanes of at least 4 members (excludes halogenated alkanes) is 2. The first-order valence-electron chi connectivity index (χ1n) is 5.82. The van der Waals surface area contributed by atoms with Crippen LogP contribution in [0.25, 0.3) is 0 Å². The third kappa shape index (κ3) is 4.71. The van der Waals surface area contributed by atoms with Gasteiger partial charge in [0.2, 0.25) is 0 Å². The third-order valence-corrected chi connectivity index (χ3v) is 2.60. The average Bonchev–Trinajstić information content (AvgIpc) is 2.16. The Balaban J connectivity index is 2.45. The van der Waals surface area contributed by atoms with Crippen LogP contribution in [-0.2, 0) is 6.42 Å². The van der Waals surface area contributed by atoms with E-state index in [-0.39, 0.29) is 6.04 Å². The van der Waals surface area contributed by atoms with Gasteiger partial charge in [0.15, 0.2) is 0 Å². The van der Waals surface area contributed by atoms with E-state index in [1.54, 1.807) is 0 Å². The smallest absolute Gasteiger partial charge is 0.126 e. The maximum Gasteiger partial charge on any atom is 0.126 e. The molecular weight excluding hydrogens is 208 g/mol. The minimum absolute atomic E-state index is 0.00671. The highest BCUT2D eigenvalue weighted by molar-refractivity contribution is 5.18. The van der Waals surface area contributed by atoms with Crippen LogP contribution >= 0.6 is 0 Å². The minimum Gasteiger partial charge on any atom is -0.327 e. The second-order valence-corrected chi connectivity index (χ2v) is 4.24. The van der Waals surface area contributed by atoms with E-state index in [4.69, 9.17) is 5.73 Å². The van der Waals surface area contributed by atoms with Crippen LogP contribution in [0, 0.1) is 11.6 Å². The molecule has 1 atom stereocenters. The summed E-state index contributed by atoms with van der Waals surface area (Å²) in [6.07, 6.45) is 4.84. The normalized spacial score (nSPS) is 12.8. The molecule has 0 aliphatic carbocycles. The van der Waals surface area contributed by atoms with E-state index in [1.807, 2.05) is 0 Å². The second-order valence-electron chi connectivity index (χ2n) is 4.24. The number of halogens is 2. The van der Waals surface area contributed by atoms with Gasteiger partial charge in [0, 0.05) is 12.1 Å². The fraction of sp³-hybridized carbons (Fsp3) is 0.538. The molecule has 0 saturated heterocycles. The number of rotatable bonds is 6. The van der Waals surface area contributed by atoms with Crippen LogP contribution in [-0.4, -0.2) is 6.04 Å². The molecule has 16 heavy (non-hydrogen) atoms. The van der Waals surface area contributed by atoms with E-state index in [0.717, 1.165) is 31.7 Å². The highest BCUT2D eigenvalue weighted by Crippen LogP contribution is 2.12. The molecule has 2 N–H and O–H groups in total. The first-order valence-corrected chi connectivity index (χ1v) is 5.82. The molecule has 0 bridgehead atoms. The van der Waals surface area contributed by atoms with Gasteiger partial charge in [-0.25, -0.2) is 8.78 Å². The predicted octanol–water partition coefficient (Wildman–Crippen LogP) is 3.41. The van der Waals surface area contributed by atoms with E-state index in [0.29, 0.717) is 12.0 Å². The third-order valence-electron chi connectivity index (χ3n) is 2.60. The zero-order valence-electron chi connectivity index (χ0n) is 9.68. The van der Waals surface area contributed by atoms with Gasteiger partial charge in [0.05, 0.1) is 0 Å². The number of hydrogen-bond donors (Lipinski definition) is 1. The highest BCUT2D eigenvalue weighted by atomic mass is 19.1. The predicted molar refractivity (Wildman–Crippen MR) is 62.2 cm³/mol. The quantitative estimate of drug-likeness (QED) is 0.740. The van der Waals surface area contributed by atoms with Gasteiger partial charge in [0.1, 0.15) is 11.6 Å². The molecule has 0 fully saturated rings. The maximum absolute atomic E-state index is 12.9. The Morgan fingerprint density at radius 1 is 1.12 bits per heavy atom. The van der Waals surface area contributed by atoms with Crippen LogP contribution in [0.4, 0.5) is 8.78 Å². The van der Waals surface area contributed by atoms with Crippen LogP contribution in [0.2, 0.25) is 0 Å². The topological polar surface area (TPSA) is 26.0 Å². The van der Waals surface area contributed by atoms with E-state index in [9.17, 15) is 8.78 Å². The monoisotopic (exact) mass is 227 g/mol. The van der Waals surface area contributed by atoms with Crippen LogP contribution in [0.5, 0.6) is 0 Å². The van der Waals surface area contributed by atoms with Gasteiger partial charge in [0.25, 0.3) is 0 Å². The molecule has 1 rings (SSSR count). The maximum atomic E-state index is 12.9. The lowest BCUT2D eigenvalue weighted by Crippen LogP contribution is -2.22.